The summed E-state index contributed by atoms with van der Waals surface area (Å²) in [4.78, 5) is 18.1. The van der Waals surface area contributed by atoms with Crippen molar-refractivity contribution < 1.29 is 9.90 Å². The fourth-order valence-electron chi connectivity index (χ4n) is 3.70. The van der Waals surface area contributed by atoms with Crippen molar-refractivity contribution in [2.45, 2.75) is 25.9 Å². The average molecular weight is 386 g/mol. The predicted octanol–water partition coefficient (Wildman–Crippen LogP) is 4.55. The lowest BCUT2D eigenvalue weighted by atomic mass is 10.00. The van der Waals surface area contributed by atoms with Gasteiger partial charge in [-0.3, -0.25) is 4.90 Å². The minimum atomic E-state index is -0.923. The second kappa shape index (κ2) is 5.34. The highest BCUT2D eigenvalue weighted by molar-refractivity contribution is 9.10. The Morgan fingerprint density at radius 1 is 1.21 bits per heavy atom. The fraction of sp³-hybridized carbons (Fsp3) is 0.222. The van der Waals surface area contributed by atoms with Gasteiger partial charge in [0.15, 0.2) is 0 Å². The molecule has 1 amide bonds. The van der Waals surface area contributed by atoms with Crippen LogP contribution in [-0.4, -0.2) is 25.5 Å². The van der Waals surface area contributed by atoms with E-state index >= 15 is 0 Å². The molecule has 3 aromatic rings. The smallest absolute Gasteiger partial charge is 0.408 e. The number of aromatic nitrogens is 2. The Morgan fingerprint density at radius 3 is 2.62 bits per heavy atom. The van der Waals surface area contributed by atoms with Crippen LogP contribution in [0.15, 0.2) is 47.1 Å². The number of carbonyl (C=O) groups is 1. The van der Waals surface area contributed by atoms with Crippen LogP contribution >= 0.6 is 15.9 Å². The first-order valence-corrected chi connectivity index (χ1v) is 8.52. The molecule has 0 saturated heterocycles. The standard InChI is InChI=1S/C18H16BrN3O2/c1-10-16(21-9-12(19)7-8-15(21)20-10)17-14-6-4-3-5-13(14)11(2)22(17)18(23)24/h3-9,11,17H,1-2H3,(H,23,24)/t11-,17-/m1/s1. The van der Waals surface area contributed by atoms with Gasteiger partial charge in [-0.2, -0.15) is 0 Å². The van der Waals surface area contributed by atoms with Crippen LogP contribution in [0.3, 0.4) is 0 Å². The highest BCUT2D eigenvalue weighted by Crippen LogP contribution is 2.46. The second-order valence-electron chi connectivity index (χ2n) is 6.06. The van der Waals surface area contributed by atoms with Crippen LogP contribution in [0.25, 0.3) is 5.65 Å². The molecular weight excluding hydrogens is 370 g/mol. The van der Waals surface area contributed by atoms with Gasteiger partial charge < -0.3 is 9.51 Å². The fourth-order valence-corrected chi connectivity index (χ4v) is 4.04. The van der Waals surface area contributed by atoms with Crippen LogP contribution in [0.1, 0.15) is 41.5 Å². The molecule has 2 atom stereocenters. The predicted molar refractivity (Wildman–Crippen MR) is 94.2 cm³/mol. The summed E-state index contributed by atoms with van der Waals surface area (Å²) in [5.41, 5.74) is 4.62. The number of imidazole rings is 1. The Kier molecular flexibility index (Phi) is 3.38. The lowest BCUT2D eigenvalue weighted by Gasteiger charge is -2.26. The molecule has 0 saturated carbocycles. The van der Waals surface area contributed by atoms with Crippen LogP contribution in [0, 0.1) is 6.92 Å². The molecule has 0 fully saturated rings. The van der Waals surface area contributed by atoms with E-state index in [4.69, 9.17) is 0 Å². The highest BCUT2D eigenvalue weighted by Gasteiger charge is 2.42. The number of aryl methyl sites for hydroxylation is 1. The highest BCUT2D eigenvalue weighted by atomic mass is 79.9. The topological polar surface area (TPSA) is 57.8 Å². The molecule has 0 radical (unpaired) electrons. The molecule has 1 aromatic carbocycles. The molecule has 0 aliphatic carbocycles. The van der Waals surface area contributed by atoms with Crippen molar-refractivity contribution in [1.29, 1.82) is 0 Å². The van der Waals surface area contributed by atoms with E-state index in [-0.39, 0.29) is 12.1 Å². The summed E-state index contributed by atoms with van der Waals surface area (Å²) >= 11 is 3.49. The van der Waals surface area contributed by atoms with Gasteiger partial charge in [0.2, 0.25) is 0 Å². The maximum absolute atomic E-state index is 12.0. The van der Waals surface area contributed by atoms with Gasteiger partial charge in [-0.05, 0) is 53.0 Å². The molecule has 1 N–H and O–H groups in total. The number of carboxylic acid groups (broad SMARTS) is 1. The third-order valence-corrected chi connectivity index (χ3v) is 5.19. The zero-order chi connectivity index (χ0) is 17.0. The van der Waals surface area contributed by atoms with Gasteiger partial charge in [-0.15, -0.1) is 0 Å². The molecule has 5 nitrogen and oxygen atoms in total. The number of fused-ring (bicyclic) bond motifs is 2. The van der Waals surface area contributed by atoms with Crippen LogP contribution < -0.4 is 0 Å². The molecule has 6 heteroatoms. The molecule has 3 heterocycles. The van der Waals surface area contributed by atoms with Crippen molar-refractivity contribution in [3.8, 4) is 0 Å². The average Bonchev–Trinajstić information content (AvgIpc) is 3.01. The van der Waals surface area contributed by atoms with E-state index in [0.29, 0.717) is 0 Å². The molecule has 24 heavy (non-hydrogen) atoms. The lowest BCUT2D eigenvalue weighted by molar-refractivity contribution is 0.121. The molecule has 2 aromatic heterocycles. The van der Waals surface area contributed by atoms with Crippen LogP contribution in [0.4, 0.5) is 4.79 Å². The van der Waals surface area contributed by atoms with Gasteiger partial charge in [-0.25, -0.2) is 9.78 Å². The zero-order valence-electron chi connectivity index (χ0n) is 13.3. The lowest BCUT2D eigenvalue weighted by Crippen LogP contribution is -2.32. The van der Waals surface area contributed by atoms with Gasteiger partial charge in [0.25, 0.3) is 0 Å². The van der Waals surface area contributed by atoms with Crippen molar-refractivity contribution in [1.82, 2.24) is 14.3 Å². The van der Waals surface area contributed by atoms with Gasteiger partial charge in [0, 0.05) is 10.7 Å². The van der Waals surface area contributed by atoms with Crippen molar-refractivity contribution in [3.05, 3.63) is 69.6 Å². The minimum absolute atomic E-state index is 0.194. The van der Waals surface area contributed by atoms with E-state index in [9.17, 15) is 9.90 Å². The van der Waals surface area contributed by atoms with E-state index in [2.05, 4.69) is 20.9 Å². The molecule has 1 aliphatic heterocycles. The van der Waals surface area contributed by atoms with E-state index in [1.165, 1.54) is 4.90 Å². The number of rotatable bonds is 1. The third kappa shape index (κ3) is 2.06. The van der Waals surface area contributed by atoms with Crippen LogP contribution in [-0.2, 0) is 0 Å². The zero-order valence-corrected chi connectivity index (χ0v) is 14.9. The summed E-state index contributed by atoms with van der Waals surface area (Å²) in [7, 11) is 0. The second-order valence-corrected chi connectivity index (χ2v) is 6.97. The third-order valence-electron chi connectivity index (χ3n) is 4.72. The maximum Gasteiger partial charge on any atom is 0.408 e. The van der Waals surface area contributed by atoms with E-state index in [0.717, 1.165) is 32.6 Å². The van der Waals surface area contributed by atoms with Crippen molar-refractivity contribution >= 4 is 27.7 Å². The van der Waals surface area contributed by atoms with Gasteiger partial charge in [0.05, 0.1) is 17.4 Å². The van der Waals surface area contributed by atoms with Crippen molar-refractivity contribution in [2.75, 3.05) is 0 Å². The Balaban J connectivity index is 2.02. The SMILES string of the molecule is Cc1nc2ccc(Br)cn2c1[C@H]1c2ccccc2[C@@H](C)N1C(=O)O. The number of nitrogens with zero attached hydrogens (tertiary/aromatic N) is 3. The normalized spacial score (nSPS) is 19.7. The Labute approximate surface area is 147 Å². The number of halogens is 1. The minimum Gasteiger partial charge on any atom is -0.465 e. The quantitative estimate of drug-likeness (QED) is 0.668. The Bertz CT molecular complexity index is 966. The van der Waals surface area contributed by atoms with Crippen LogP contribution in [0.2, 0.25) is 0 Å². The summed E-state index contributed by atoms with van der Waals surface area (Å²) in [5, 5.41) is 9.83. The Morgan fingerprint density at radius 2 is 1.92 bits per heavy atom. The number of pyridine rings is 1. The largest absolute Gasteiger partial charge is 0.465 e. The monoisotopic (exact) mass is 385 g/mol. The Hall–Kier alpha value is -2.34. The molecule has 0 bridgehead atoms. The van der Waals surface area contributed by atoms with E-state index in [1.54, 1.807) is 0 Å². The summed E-state index contributed by atoms with van der Waals surface area (Å²) in [6.45, 7) is 3.86. The molecular formula is C18H16BrN3O2. The molecule has 4 rings (SSSR count). The number of hydrogen-bond acceptors (Lipinski definition) is 2. The summed E-state index contributed by atoms with van der Waals surface area (Å²) in [6.07, 6.45) is 1.02. The first-order valence-electron chi connectivity index (χ1n) is 7.73. The van der Waals surface area contributed by atoms with Gasteiger partial charge >= 0.3 is 6.09 Å². The molecule has 122 valence electrons. The summed E-state index contributed by atoms with van der Waals surface area (Å²) in [6, 6.07) is 11.2. The van der Waals surface area contributed by atoms with E-state index < -0.39 is 6.09 Å². The van der Waals surface area contributed by atoms with Gasteiger partial charge in [-0.1, -0.05) is 24.3 Å². The van der Waals surface area contributed by atoms with Crippen molar-refractivity contribution in [2.24, 2.45) is 0 Å². The number of benzene rings is 1. The van der Waals surface area contributed by atoms with Gasteiger partial charge in [0.1, 0.15) is 11.7 Å². The maximum atomic E-state index is 12.0. The molecule has 0 spiro atoms. The summed E-state index contributed by atoms with van der Waals surface area (Å²) < 4.78 is 2.91. The van der Waals surface area contributed by atoms with Crippen molar-refractivity contribution in [3.63, 3.8) is 0 Å². The summed E-state index contributed by atoms with van der Waals surface area (Å²) in [5.74, 6) is 0. The number of hydrogen-bond donors (Lipinski definition) is 1. The first kappa shape index (κ1) is 15.2. The molecule has 1 aliphatic rings. The number of amides is 1. The molecule has 0 unspecified atom stereocenters. The first-order chi connectivity index (χ1) is 11.5. The van der Waals surface area contributed by atoms with Crippen LogP contribution in [0.5, 0.6) is 0 Å². The van der Waals surface area contributed by atoms with E-state index in [1.807, 2.05) is 60.8 Å².